The van der Waals surface area contributed by atoms with Crippen LogP contribution in [0.5, 0.6) is 0 Å². The van der Waals surface area contributed by atoms with Crippen molar-refractivity contribution >= 4 is 15.7 Å². The highest BCUT2D eigenvalue weighted by Gasteiger charge is 2.31. The van der Waals surface area contributed by atoms with Crippen molar-refractivity contribution in [1.82, 2.24) is 10.6 Å². The number of hydrogen-bond acceptors (Lipinski definition) is 4. The first-order chi connectivity index (χ1) is 7.77. The number of likely N-dealkylation sites (N-methyl/N-ethyl adjacent to an activating group) is 1. The second kappa shape index (κ2) is 5.35. The topological polar surface area (TPSA) is 75.3 Å². The van der Waals surface area contributed by atoms with Gasteiger partial charge in [0, 0.05) is 6.04 Å². The lowest BCUT2D eigenvalue weighted by Gasteiger charge is -2.29. The van der Waals surface area contributed by atoms with Crippen LogP contribution in [-0.4, -0.2) is 44.0 Å². The fraction of sp³-hybridized carbons (Fsp3) is 0.909. The normalized spacial score (nSPS) is 24.3. The molecule has 1 fully saturated rings. The molecule has 1 amide bonds. The Balaban J connectivity index is 2.57. The number of amides is 1. The van der Waals surface area contributed by atoms with Crippen molar-refractivity contribution in [2.75, 3.05) is 18.1 Å². The third kappa shape index (κ3) is 4.27. The van der Waals surface area contributed by atoms with E-state index >= 15 is 0 Å². The predicted octanol–water partition coefficient (Wildman–Crippen LogP) is 0.0679. The van der Waals surface area contributed by atoms with E-state index in [1.165, 1.54) is 0 Å². The minimum atomic E-state index is -2.97. The molecule has 0 bridgehead atoms. The Hall–Kier alpha value is -0.620. The molecule has 17 heavy (non-hydrogen) atoms. The molecule has 1 atom stereocenters. The van der Waals surface area contributed by atoms with Gasteiger partial charge in [-0.1, -0.05) is 6.92 Å². The summed E-state index contributed by atoms with van der Waals surface area (Å²) in [6, 6.07) is -0.237. The molecule has 1 rings (SSSR count). The maximum Gasteiger partial charge on any atom is 0.239 e. The van der Waals surface area contributed by atoms with Crippen molar-refractivity contribution in [3.8, 4) is 0 Å². The van der Waals surface area contributed by atoms with Crippen LogP contribution in [0.25, 0.3) is 0 Å². The highest BCUT2D eigenvalue weighted by Crippen LogP contribution is 2.13. The molecule has 0 spiro atoms. The highest BCUT2D eigenvalue weighted by molar-refractivity contribution is 7.91. The summed E-state index contributed by atoms with van der Waals surface area (Å²) in [5, 5.41) is 5.89. The van der Waals surface area contributed by atoms with Gasteiger partial charge < -0.3 is 10.6 Å². The molecule has 0 radical (unpaired) electrons. The number of rotatable bonds is 4. The predicted molar refractivity (Wildman–Crippen MR) is 67.6 cm³/mol. The molecule has 0 saturated carbocycles. The lowest BCUT2D eigenvalue weighted by molar-refractivity contribution is -0.127. The Morgan fingerprint density at radius 2 is 2.06 bits per heavy atom. The van der Waals surface area contributed by atoms with Crippen LogP contribution < -0.4 is 10.6 Å². The highest BCUT2D eigenvalue weighted by atomic mass is 32.2. The van der Waals surface area contributed by atoms with Gasteiger partial charge in [-0.25, -0.2) is 8.42 Å². The van der Waals surface area contributed by atoms with Gasteiger partial charge in [0.05, 0.1) is 17.0 Å². The van der Waals surface area contributed by atoms with Gasteiger partial charge in [0.1, 0.15) is 0 Å². The van der Waals surface area contributed by atoms with Crippen molar-refractivity contribution in [2.45, 2.75) is 45.2 Å². The quantitative estimate of drug-likeness (QED) is 0.752. The van der Waals surface area contributed by atoms with Gasteiger partial charge in [0.2, 0.25) is 5.91 Å². The van der Waals surface area contributed by atoms with Crippen LogP contribution in [0.4, 0.5) is 0 Å². The van der Waals surface area contributed by atoms with Crippen LogP contribution >= 0.6 is 0 Å². The lowest BCUT2D eigenvalue weighted by atomic mass is 10.0. The van der Waals surface area contributed by atoms with Gasteiger partial charge in [-0.2, -0.15) is 0 Å². The molecule has 1 saturated heterocycles. The van der Waals surface area contributed by atoms with Crippen LogP contribution in [0.2, 0.25) is 0 Å². The van der Waals surface area contributed by atoms with E-state index in [2.05, 4.69) is 10.6 Å². The van der Waals surface area contributed by atoms with Gasteiger partial charge in [0.25, 0.3) is 0 Å². The smallest absolute Gasteiger partial charge is 0.239 e. The standard InChI is InChI=1S/C11H22N2O3S/c1-4-12-11(2,3)10(14)13-9-6-5-7-17(15,16)8-9/h9,12H,4-8H2,1-3H3,(H,13,14). The monoisotopic (exact) mass is 262 g/mol. The van der Waals surface area contributed by atoms with Crippen LogP contribution in [-0.2, 0) is 14.6 Å². The molecule has 0 aromatic heterocycles. The molecule has 6 heteroatoms. The minimum Gasteiger partial charge on any atom is -0.351 e. The molecule has 1 aliphatic rings. The summed E-state index contributed by atoms with van der Waals surface area (Å²) >= 11 is 0. The summed E-state index contributed by atoms with van der Waals surface area (Å²) in [7, 11) is -2.97. The van der Waals surface area contributed by atoms with Gasteiger partial charge in [0.15, 0.2) is 9.84 Å². The van der Waals surface area contributed by atoms with Crippen molar-refractivity contribution in [3.63, 3.8) is 0 Å². The summed E-state index contributed by atoms with van der Waals surface area (Å²) in [5.41, 5.74) is -0.657. The Kier molecular flexibility index (Phi) is 4.55. The summed E-state index contributed by atoms with van der Waals surface area (Å²) in [6.07, 6.45) is 1.38. The number of hydrogen-bond donors (Lipinski definition) is 2. The van der Waals surface area contributed by atoms with Gasteiger partial charge in [-0.05, 0) is 33.2 Å². The van der Waals surface area contributed by atoms with Crippen LogP contribution in [0.15, 0.2) is 0 Å². The molecule has 1 aliphatic heterocycles. The van der Waals surface area contributed by atoms with Gasteiger partial charge in [-0.3, -0.25) is 4.79 Å². The summed E-state index contributed by atoms with van der Waals surface area (Å²) in [5.74, 6) is 0.179. The SMILES string of the molecule is CCNC(C)(C)C(=O)NC1CCCS(=O)(=O)C1. The fourth-order valence-electron chi connectivity index (χ4n) is 2.02. The molecule has 100 valence electrons. The van der Waals surface area contributed by atoms with Crippen LogP contribution in [0.3, 0.4) is 0 Å². The minimum absolute atomic E-state index is 0.0704. The van der Waals surface area contributed by atoms with Crippen molar-refractivity contribution in [1.29, 1.82) is 0 Å². The van der Waals surface area contributed by atoms with E-state index in [-0.39, 0.29) is 23.5 Å². The van der Waals surface area contributed by atoms with E-state index in [1.54, 1.807) is 13.8 Å². The summed E-state index contributed by atoms with van der Waals surface area (Å²) in [4.78, 5) is 12.0. The second-order valence-electron chi connectivity index (χ2n) is 5.08. The molecule has 0 aromatic rings. The zero-order chi connectivity index (χ0) is 13.1. The molecular weight excluding hydrogens is 240 g/mol. The second-order valence-corrected chi connectivity index (χ2v) is 7.31. The molecule has 2 N–H and O–H groups in total. The number of carbonyl (C=O) groups excluding carboxylic acids is 1. The molecule has 1 unspecified atom stereocenters. The molecule has 5 nitrogen and oxygen atoms in total. The average Bonchev–Trinajstić information content (AvgIpc) is 2.15. The Labute approximate surface area is 103 Å². The van der Waals surface area contributed by atoms with E-state index in [1.807, 2.05) is 6.92 Å². The number of sulfone groups is 1. The number of carbonyl (C=O) groups is 1. The van der Waals surface area contributed by atoms with Crippen LogP contribution in [0, 0.1) is 0 Å². The lowest BCUT2D eigenvalue weighted by Crippen LogP contribution is -2.56. The molecule has 1 heterocycles. The van der Waals surface area contributed by atoms with E-state index in [0.717, 1.165) is 6.42 Å². The Morgan fingerprint density at radius 3 is 2.59 bits per heavy atom. The first-order valence-corrected chi connectivity index (χ1v) is 7.85. The van der Waals surface area contributed by atoms with E-state index in [0.29, 0.717) is 13.0 Å². The summed E-state index contributed by atoms with van der Waals surface area (Å²) < 4.78 is 22.9. The van der Waals surface area contributed by atoms with E-state index in [4.69, 9.17) is 0 Å². The van der Waals surface area contributed by atoms with Crippen molar-refractivity contribution in [2.24, 2.45) is 0 Å². The van der Waals surface area contributed by atoms with E-state index in [9.17, 15) is 13.2 Å². The van der Waals surface area contributed by atoms with Crippen molar-refractivity contribution in [3.05, 3.63) is 0 Å². The zero-order valence-electron chi connectivity index (χ0n) is 10.7. The maximum atomic E-state index is 12.0. The largest absolute Gasteiger partial charge is 0.351 e. The third-order valence-corrected chi connectivity index (χ3v) is 4.81. The van der Waals surface area contributed by atoms with Crippen molar-refractivity contribution < 1.29 is 13.2 Å². The Bertz CT molecular complexity index is 376. The number of nitrogens with one attached hydrogen (secondary N) is 2. The summed E-state index contributed by atoms with van der Waals surface area (Å²) in [6.45, 7) is 6.22. The third-order valence-electron chi connectivity index (χ3n) is 2.98. The molecular formula is C11H22N2O3S. The Morgan fingerprint density at radius 1 is 1.41 bits per heavy atom. The van der Waals surface area contributed by atoms with E-state index < -0.39 is 15.4 Å². The molecule has 0 aliphatic carbocycles. The average molecular weight is 262 g/mol. The van der Waals surface area contributed by atoms with Gasteiger partial charge in [-0.15, -0.1) is 0 Å². The first kappa shape index (κ1) is 14.4. The maximum absolute atomic E-state index is 12.0. The molecule has 0 aromatic carbocycles. The van der Waals surface area contributed by atoms with Crippen LogP contribution in [0.1, 0.15) is 33.6 Å². The fourth-order valence-corrected chi connectivity index (χ4v) is 3.66. The van der Waals surface area contributed by atoms with Gasteiger partial charge >= 0.3 is 0 Å². The zero-order valence-corrected chi connectivity index (χ0v) is 11.6. The first-order valence-electron chi connectivity index (χ1n) is 6.03.